The van der Waals surface area contributed by atoms with Crippen LogP contribution in [0.15, 0.2) is 54.6 Å². The molecule has 3 nitrogen and oxygen atoms in total. The quantitative estimate of drug-likeness (QED) is 0.330. The third-order valence-corrected chi connectivity index (χ3v) is 5.49. The lowest BCUT2D eigenvalue weighted by Gasteiger charge is -2.26. The SMILES string of the molecule is CC(CO)(CO)NCCCc1ccc2ccc3cccc4ccc1c2c34.Cl. The maximum atomic E-state index is 9.38. The average molecular weight is 384 g/mol. The van der Waals surface area contributed by atoms with E-state index in [2.05, 4.69) is 59.9 Å². The van der Waals surface area contributed by atoms with Crippen molar-refractivity contribution in [1.82, 2.24) is 5.32 Å². The smallest absolute Gasteiger partial charge is 0.0633 e. The highest BCUT2D eigenvalue weighted by Crippen LogP contribution is 2.36. The molecule has 0 saturated heterocycles. The molecule has 0 spiro atoms. The molecule has 4 rings (SSSR count). The Hall–Kier alpha value is -1.91. The van der Waals surface area contributed by atoms with Crippen molar-refractivity contribution >= 4 is 44.7 Å². The Morgan fingerprint density at radius 2 is 1.41 bits per heavy atom. The van der Waals surface area contributed by atoms with E-state index in [1.165, 1.54) is 37.9 Å². The largest absolute Gasteiger partial charge is 0.394 e. The average Bonchev–Trinajstić information content (AvgIpc) is 2.70. The fourth-order valence-electron chi connectivity index (χ4n) is 3.84. The van der Waals surface area contributed by atoms with E-state index in [1.807, 2.05) is 6.92 Å². The topological polar surface area (TPSA) is 52.5 Å². The van der Waals surface area contributed by atoms with Crippen LogP contribution in [0.3, 0.4) is 0 Å². The maximum Gasteiger partial charge on any atom is 0.0633 e. The Labute approximate surface area is 165 Å². The molecule has 0 saturated carbocycles. The highest BCUT2D eigenvalue weighted by Gasteiger charge is 2.20. The Morgan fingerprint density at radius 1 is 0.815 bits per heavy atom. The Morgan fingerprint density at radius 3 is 2.07 bits per heavy atom. The van der Waals surface area contributed by atoms with Gasteiger partial charge in [-0.1, -0.05) is 54.6 Å². The zero-order valence-electron chi connectivity index (χ0n) is 15.5. The van der Waals surface area contributed by atoms with Gasteiger partial charge in [-0.05, 0) is 64.2 Å². The minimum atomic E-state index is -0.608. The molecule has 0 amide bonds. The van der Waals surface area contributed by atoms with Gasteiger partial charge in [0.2, 0.25) is 0 Å². The first kappa shape index (κ1) is 19.8. The molecule has 0 aromatic heterocycles. The van der Waals surface area contributed by atoms with Gasteiger partial charge in [0, 0.05) is 0 Å². The molecule has 4 aromatic carbocycles. The molecule has 3 N–H and O–H groups in total. The van der Waals surface area contributed by atoms with Crippen LogP contribution in [-0.2, 0) is 6.42 Å². The second-order valence-corrected chi connectivity index (χ2v) is 7.49. The number of hydrogen-bond acceptors (Lipinski definition) is 3. The first-order valence-electron chi connectivity index (χ1n) is 9.27. The van der Waals surface area contributed by atoms with Gasteiger partial charge in [0.1, 0.15) is 0 Å². The first-order chi connectivity index (χ1) is 12.6. The minimum absolute atomic E-state index is 0. The summed E-state index contributed by atoms with van der Waals surface area (Å²) in [7, 11) is 0. The van der Waals surface area contributed by atoms with Gasteiger partial charge in [-0.15, -0.1) is 12.4 Å². The van der Waals surface area contributed by atoms with Crippen molar-refractivity contribution in [2.45, 2.75) is 25.3 Å². The lowest BCUT2D eigenvalue weighted by molar-refractivity contribution is 0.104. The van der Waals surface area contributed by atoms with Crippen molar-refractivity contribution in [2.75, 3.05) is 19.8 Å². The summed E-state index contributed by atoms with van der Waals surface area (Å²) >= 11 is 0. The van der Waals surface area contributed by atoms with Crippen LogP contribution in [0, 0.1) is 0 Å². The second-order valence-electron chi connectivity index (χ2n) is 7.49. The minimum Gasteiger partial charge on any atom is -0.394 e. The van der Waals surface area contributed by atoms with E-state index in [-0.39, 0.29) is 25.6 Å². The third kappa shape index (κ3) is 3.61. The van der Waals surface area contributed by atoms with E-state index in [4.69, 9.17) is 0 Å². The van der Waals surface area contributed by atoms with Crippen LogP contribution in [-0.4, -0.2) is 35.5 Å². The van der Waals surface area contributed by atoms with E-state index >= 15 is 0 Å². The van der Waals surface area contributed by atoms with Gasteiger partial charge in [0.05, 0.1) is 18.8 Å². The third-order valence-electron chi connectivity index (χ3n) is 5.49. The molecule has 0 aliphatic carbocycles. The van der Waals surface area contributed by atoms with Crippen LogP contribution in [0.1, 0.15) is 18.9 Å². The van der Waals surface area contributed by atoms with Crippen LogP contribution < -0.4 is 5.32 Å². The van der Waals surface area contributed by atoms with Gasteiger partial charge in [-0.2, -0.15) is 0 Å². The molecule has 0 atom stereocenters. The van der Waals surface area contributed by atoms with Crippen LogP contribution in [0.25, 0.3) is 32.3 Å². The summed E-state index contributed by atoms with van der Waals surface area (Å²) in [6.45, 7) is 2.47. The van der Waals surface area contributed by atoms with Crippen molar-refractivity contribution < 1.29 is 10.2 Å². The summed E-state index contributed by atoms with van der Waals surface area (Å²) in [5, 5.41) is 29.9. The molecule has 0 heterocycles. The molecule has 0 unspecified atom stereocenters. The van der Waals surface area contributed by atoms with E-state index in [0.29, 0.717) is 0 Å². The summed E-state index contributed by atoms with van der Waals surface area (Å²) in [6, 6.07) is 19.8. The number of nitrogens with one attached hydrogen (secondary N) is 1. The molecule has 0 aliphatic rings. The van der Waals surface area contributed by atoms with Gasteiger partial charge < -0.3 is 15.5 Å². The van der Waals surface area contributed by atoms with Crippen LogP contribution in [0.2, 0.25) is 0 Å². The van der Waals surface area contributed by atoms with Crippen molar-refractivity contribution in [1.29, 1.82) is 0 Å². The summed E-state index contributed by atoms with van der Waals surface area (Å²) < 4.78 is 0. The first-order valence-corrected chi connectivity index (χ1v) is 9.27. The van der Waals surface area contributed by atoms with Crippen LogP contribution in [0.4, 0.5) is 0 Å². The molecule has 4 aromatic rings. The second kappa shape index (κ2) is 7.99. The molecule has 0 radical (unpaired) electrons. The zero-order valence-corrected chi connectivity index (χ0v) is 16.4. The summed E-state index contributed by atoms with van der Waals surface area (Å²) in [5.74, 6) is 0. The predicted molar refractivity (Wildman–Crippen MR) is 116 cm³/mol. The number of aliphatic hydroxyl groups is 2. The van der Waals surface area contributed by atoms with Gasteiger partial charge >= 0.3 is 0 Å². The zero-order chi connectivity index (χ0) is 18.1. The van der Waals surface area contributed by atoms with Crippen molar-refractivity contribution in [2.24, 2.45) is 0 Å². The Kier molecular flexibility index (Phi) is 5.87. The molecule has 4 heteroatoms. The molecule has 27 heavy (non-hydrogen) atoms. The van der Waals surface area contributed by atoms with E-state index in [0.717, 1.165) is 19.4 Å². The highest BCUT2D eigenvalue weighted by atomic mass is 35.5. The molecule has 142 valence electrons. The van der Waals surface area contributed by atoms with Crippen LogP contribution >= 0.6 is 12.4 Å². The van der Waals surface area contributed by atoms with E-state index < -0.39 is 5.54 Å². The van der Waals surface area contributed by atoms with Crippen molar-refractivity contribution in [3.05, 3.63) is 60.2 Å². The number of aliphatic hydroxyl groups excluding tert-OH is 2. The Balaban J connectivity index is 0.00000210. The summed E-state index contributed by atoms with van der Waals surface area (Å²) in [6.07, 6.45) is 1.92. The number of aryl methyl sites for hydroxylation is 1. The van der Waals surface area contributed by atoms with Gasteiger partial charge in [0.15, 0.2) is 0 Å². The van der Waals surface area contributed by atoms with Crippen LogP contribution in [0.5, 0.6) is 0 Å². The number of halogens is 1. The molecular weight excluding hydrogens is 358 g/mol. The number of rotatable bonds is 7. The highest BCUT2D eigenvalue weighted by molar-refractivity contribution is 6.23. The fraction of sp³-hybridized carbons (Fsp3) is 0.304. The van der Waals surface area contributed by atoms with Crippen molar-refractivity contribution in [3.63, 3.8) is 0 Å². The van der Waals surface area contributed by atoms with Crippen molar-refractivity contribution in [3.8, 4) is 0 Å². The normalized spacial score (nSPS) is 12.1. The van der Waals surface area contributed by atoms with E-state index in [9.17, 15) is 10.2 Å². The number of benzene rings is 4. The standard InChI is InChI=1S/C23H25NO2.ClH/c1-23(14-25,15-26)24-13-3-6-16-7-8-19-10-9-17-4-2-5-18-11-12-20(16)22(19)21(17)18;/h2,4-5,7-12,24-26H,3,6,13-15H2,1H3;1H. The summed E-state index contributed by atoms with van der Waals surface area (Å²) in [4.78, 5) is 0. The molecule has 0 bridgehead atoms. The monoisotopic (exact) mass is 383 g/mol. The molecule has 0 aliphatic heterocycles. The van der Waals surface area contributed by atoms with Gasteiger partial charge in [0.25, 0.3) is 0 Å². The Bertz CT molecular complexity index is 1030. The van der Waals surface area contributed by atoms with E-state index in [1.54, 1.807) is 0 Å². The lowest BCUT2D eigenvalue weighted by Crippen LogP contribution is -2.49. The lowest BCUT2D eigenvalue weighted by atomic mass is 9.91. The maximum absolute atomic E-state index is 9.38. The van der Waals surface area contributed by atoms with Gasteiger partial charge in [-0.3, -0.25) is 0 Å². The molecule has 0 fully saturated rings. The fourth-order valence-corrected chi connectivity index (χ4v) is 3.84. The predicted octanol–water partition coefficient (Wildman–Crippen LogP) is 4.27. The summed E-state index contributed by atoms with van der Waals surface area (Å²) in [5.41, 5.74) is 0.745. The van der Waals surface area contributed by atoms with Gasteiger partial charge in [-0.25, -0.2) is 0 Å². The molecular formula is C23H26ClNO2. The number of hydrogen-bond donors (Lipinski definition) is 3.